The summed E-state index contributed by atoms with van der Waals surface area (Å²) >= 11 is 0. The van der Waals surface area contributed by atoms with Crippen LogP contribution in [0.1, 0.15) is 5.56 Å². The Kier molecular flexibility index (Phi) is 4.84. The van der Waals surface area contributed by atoms with Crippen LogP contribution in [0.25, 0.3) is 0 Å². The van der Waals surface area contributed by atoms with Gasteiger partial charge in [0.05, 0.1) is 7.11 Å². The minimum absolute atomic E-state index is 0.120. The number of hydrogen-bond acceptors (Lipinski definition) is 4. The first kappa shape index (κ1) is 13.9. The molecule has 0 aliphatic heterocycles. The van der Waals surface area contributed by atoms with E-state index in [4.69, 9.17) is 10.4 Å². The number of ether oxygens (including phenoxy) is 1. The summed E-state index contributed by atoms with van der Waals surface area (Å²) < 4.78 is 20.0. The molecule has 0 bridgehead atoms. The molecule has 1 rings (SSSR count). The molecule has 0 saturated heterocycles. The lowest BCUT2D eigenvalue weighted by Gasteiger charge is -2.16. The number of carbonyl (C=O) groups excluding carboxylic acids is 1. The maximum absolute atomic E-state index is 11.4. The van der Waals surface area contributed by atoms with Crippen LogP contribution in [-0.2, 0) is 25.0 Å². The van der Waals surface area contributed by atoms with Crippen molar-refractivity contribution in [2.45, 2.75) is 12.5 Å². The van der Waals surface area contributed by atoms with Gasteiger partial charge in [-0.1, -0.05) is 30.3 Å². The van der Waals surface area contributed by atoms with Gasteiger partial charge < -0.3 is 9.63 Å². The fourth-order valence-corrected chi connectivity index (χ4v) is 1.83. The molecule has 0 amide bonds. The monoisotopic (exact) mass is 259 g/mol. The average molecular weight is 259 g/mol. The number of hydrogen-bond donors (Lipinski definition) is 2. The zero-order valence-electron chi connectivity index (χ0n) is 9.28. The van der Waals surface area contributed by atoms with Crippen molar-refractivity contribution in [3.05, 3.63) is 35.9 Å². The highest BCUT2D eigenvalue weighted by Gasteiger charge is 2.27. The van der Waals surface area contributed by atoms with E-state index < -0.39 is 19.8 Å². The lowest BCUT2D eigenvalue weighted by atomic mass is 10.1. The number of esters is 1. The number of carbonyl (C=O) groups is 1. The summed E-state index contributed by atoms with van der Waals surface area (Å²) in [6, 6.07) is 8.91. The zero-order chi connectivity index (χ0) is 12.9. The molecule has 0 aliphatic rings. The van der Waals surface area contributed by atoms with Gasteiger partial charge in [-0.3, -0.25) is 4.52 Å². The molecule has 94 valence electrons. The van der Waals surface area contributed by atoms with Crippen molar-refractivity contribution in [2.75, 3.05) is 7.11 Å². The molecule has 0 fully saturated rings. The van der Waals surface area contributed by atoms with E-state index in [1.807, 2.05) is 6.07 Å². The number of rotatable bonds is 5. The van der Waals surface area contributed by atoms with Crippen LogP contribution in [0.3, 0.4) is 0 Å². The Morgan fingerprint density at radius 3 is 2.53 bits per heavy atom. The maximum atomic E-state index is 11.4. The molecule has 0 radical (unpaired) electrons. The van der Waals surface area contributed by atoms with Crippen LogP contribution in [0.4, 0.5) is 0 Å². The van der Waals surface area contributed by atoms with Crippen LogP contribution >= 0.6 is 7.75 Å². The molecular weight excluding hydrogens is 245 g/mol. The topological polar surface area (TPSA) is 98.9 Å². The molecule has 7 heteroatoms. The standard InChI is InChI=1S/C10H14NO5P/c1-15-10(12)9(16-17(11,13)14)7-8-5-3-2-4-6-8/h2-6,9H,7H2,1H3,(H3,11,13,14). The number of methoxy groups -OCH3 is 1. The predicted molar refractivity (Wildman–Crippen MR) is 61.0 cm³/mol. The van der Waals surface area contributed by atoms with E-state index in [-0.39, 0.29) is 6.42 Å². The molecule has 0 heterocycles. The van der Waals surface area contributed by atoms with Gasteiger partial charge >= 0.3 is 13.7 Å². The Morgan fingerprint density at radius 2 is 2.06 bits per heavy atom. The second-order valence-corrected chi connectivity index (χ2v) is 4.71. The Balaban J connectivity index is 2.78. The highest BCUT2D eigenvalue weighted by Crippen LogP contribution is 2.34. The Labute approximate surface area is 98.9 Å². The Hall–Kier alpha value is -1.20. The minimum atomic E-state index is -4.23. The summed E-state index contributed by atoms with van der Waals surface area (Å²) in [6.07, 6.45) is -1.07. The van der Waals surface area contributed by atoms with Crippen LogP contribution in [0.5, 0.6) is 0 Å². The van der Waals surface area contributed by atoms with E-state index in [2.05, 4.69) is 9.26 Å². The fraction of sp³-hybridized carbons (Fsp3) is 0.300. The van der Waals surface area contributed by atoms with Crippen LogP contribution in [0.15, 0.2) is 30.3 Å². The molecule has 3 N–H and O–H groups in total. The molecule has 1 aromatic rings. The van der Waals surface area contributed by atoms with Crippen molar-refractivity contribution in [1.82, 2.24) is 0 Å². The highest BCUT2D eigenvalue weighted by molar-refractivity contribution is 7.50. The summed E-state index contributed by atoms with van der Waals surface area (Å²) in [4.78, 5) is 20.3. The average Bonchev–Trinajstić information content (AvgIpc) is 2.27. The molecule has 2 unspecified atom stereocenters. The summed E-state index contributed by atoms with van der Waals surface area (Å²) in [7, 11) is -3.06. The smallest absolute Gasteiger partial charge is 0.401 e. The van der Waals surface area contributed by atoms with Crippen molar-refractivity contribution in [3.8, 4) is 0 Å². The summed E-state index contributed by atoms with van der Waals surface area (Å²) in [5, 5.41) is 0. The molecule has 1 aromatic carbocycles. The van der Waals surface area contributed by atoms with Crippen molar-refractivity contribution in [1.29, 1.82) is 0 Å². The van der Waals surface area contributed by atoms with Crippen molar-refractivity contribution in [2.24, 2.45) is 5.50 Å². The fourth-order valence-electron chi connectivity index (χ4n) is 1.31. The van der Waals surface area contributed by atoms with Gasteiger partial charge in [0.15, 0.2) is 6.10 Å². The Bertz CT molecular complexity index is 416. The van der Waals surface area contributed by atoms with Crippen molar-refractivity contribution >= 4 is 13.7 Å². The summed E-state index contributed by atoms with van der Waals surface area (Å²) in [6.45, 7) is 0. The molecule has 0 saturated carbocycles. The number of nitrogens with two attached hydrogens (primary N) is 1. The van der Waals surface area contributed by atoms with Crippen LogP contribution in [0.2, 0.25) is 0 Å². The molecule has 0 aliphatic carbocycles. The van der Waals surface area contributed by atoms with Crippen molar-refractivity contribution in [3.63, 3.8) is 0 Å². The third-order valence-corrected chi connectivity index (χ3v) is 2.56. The van der Waals surface area contributed by atoms with Gasteiger partial charge in [-0.25, -0.2) is 14.9 Å². The van der Waals surface area contributed by atoms with Gasteiger partial charge in [0, 0.05) is 6.42 Å². The second kappa shape index (κ2) is 5.93. The first-order chi connectivity index (χ1) is 7.92. The zero-order valence-corrected chi connectivity index (χ0v) is 10.2. The van der Waals surface area contributed by atoms with E-state index in [9.17, 15) is 9.36 Å². The molecule has 2 atom stereocenters. The van der Waals surface area contributed by atoms with E-state index in [0.29, 0.717) is 0 Å². The second-order valence-electron chi connectivity index (χ2n) is 3.37. The normalized spacial score (nSPS) is 15.9. The van der Waals surface area contributed by atoms with E-state index in [1.54, 1.807) is 24.3 Å². The van der Waals surface area contributed by atoms with Gasteiger partial charge in [-0.05, 0) is 5.56 Å². The van der Waals surface area contributed by atoms with Crippen molar-refractivity contribution < 1.29 is 23.5 Å². The molecule has 0 aromatic heterocycles. The largest absolute Gasteiger partial charge is 0.467 e. The molecule has 0 spiro atoms. The minimum Gasteiger partial charge on any atom is -0.467 e. The first-order valence-corrected chi connectivity index (χ1v) is 6.48. The SMILES string of the molecule is COC(=O)C(Cc1ccccc1)OP(N)(=O)O. The van der Waals surface area contributed by atoms with Gasteiger partial charge in [-0.2, -0.15) is 0 Å². The van der Waals surface area contributed by atoms with Gasteiger partial charge in [-0.15, -0.1) is 0 Å². The van der Waals surface area contributed by atoms with Gasteiger partial charge in [0.1, 0.15) is 0 Å². The molecule has 17 heavy (non-hydrogen) atoms. The quantitative estimate of drug-likeness (QED) is 0.600. The van der Waals surface area contributed by atoms with E-state index >= 15 is 0 Å². The van der Waals surface area contributed by atoms with Crippen LogP contribution < -0.4 is 5.50 Å². The van der Waals surface area contributed by atoms with Gasteiger partial charge in [0.2, 0.25) is 0 Å². The summed E-state index contributed by atoms with van der Waals surface area (Å²) in [5.74, 6) is -0.742. The van der Waals surface area contributed by atoms with E-state index in [1.165, 1.54) is 7.11 Å². The third-order valence-electron chi connectivity index (χ3n) is 2.01. The lowest BCUT2D eigenvalue weighted by Crippen LogP contribution is -2.28. The molecule has 6 nitrogen and oxygen atoms in total. The highest BCUT2D eigenvalue weighted by atomic mass is 31.2. The molecular formula is C10H14NO5P. The van der Waals surface area contributed by atoms with Crippen LogP contribution in [0, 0.1) is 0 Å². The maximum Gasteiger partial charge on any atom is 0.401 e. The lowest BCUT2D eigenvalue weighted by molar-refractivity contribution is -0.149. The number of benzene rings is 1. The Morgan fingerprint density at radius 1 is 1.47 bits per heavy atom. The third kappa shape index (κ3) is 5.10. The van der Waals surface area contributed by atoms with E-state index in [0.717, 1.165) is 5.56 Å². The first-order valence-electron chi connectivity index (χ1n) is 4.84. The summed E-state index contributed by atoms with van der Waals surface area (Å²) in [5.41, 5.74) is 5.64. The van der Waals surface area contributed by atoms with Crippen LogP contribution in [-0.4, -0.2) is 24.1 Å². The van der Waals surface area contributed by atoms with Gasteiger partial charge in [0.25, 0.3) is 0 Å². The predicted octanol–water partition coefficient (Wildman–Crippen LogP) is 0.846.